The Morgan fingerprint density at radius 2 is 2.05 bits per heavy atom. The van der Waals surface area contributed by atoms with Crippen LogP contribution in [-0.4, -0.2) is 35.8 Å². The SMILES string of the molecule is CN(C)C[C@H]1CCc2onc(-c3ccccc3)c2[C@@H]1O. The number of benzene rings is 1. The Kier molecular flexibility index (Phi) is 3.59. The standard InChI is InChI=1S/C16H20N2O2/c1-18(2)10-12-8-9-13-14(16(12)19)15(17-20-13)11-6-4-3-5-7-11/h3-7,12,16,19H,8-10H2,1-2H3/t12-,16-/m1/s1. The molecule has 0 radical (unpaired) electrons. The van der Waals surface area contributed by atoms with Gasteiger partial charge in [-0.1, -0.05) is 35.5 Å². The van der Waals surface area contributed by atoms with Crippen LogP contribution >= 0.6 is 0 Å². The third-order valence-electron chi connectivity index (χ3n) is 3.93. The highest BCUT2D eigenvalue weighted by molar-refractivity contribution is 5.64. The normalized spacial score (nSPS) is 22.0. The number of aryl methyl sites for hydroxylation is 1. The van der Waals surface area contributed by atoms with Crippen molar-refractivity contribution >= 4 is 0 Å². The molecule has 0 unspecified atom stereocenters. The van der Waals surface area contributed by atoms with Crippen LogP contribution in [0.25, 0.3) is 11.3 Å². The Bertz CT molecular complexity index is 577. The van der Waals surface area contributed by atoms with Crippen LogP contribution in [-0.2, 0) is 6.42 Å². The second kappa shape index (κ2) is 5.38. The Morgan fingerprint density at radius 3 is 2.75 bits per heavy atom. The average Bonchev–Trinajstić information content (AvgIpc) is 2.87. The van der Waals surface area contributed by atoms with Gasteiger partial charge < -0.3 is 14.5 Å². The van der Waals surface area contributed by atoms with Crippen LogP contribution in [0.2, 0.25) is 0 Å². The highest BCUT2D eigenvalue weighted by Gasteiger charge is 2.34. The fourth-order valence-corrected chi connectivity index (χ4v) is 2.99. The second-order valence-corrected chi connectivity index (χ2v) is 5.74. The summed E-state index contributed by atoms with van der Waals surface area (Å²) in [6, 6.07) is 9.92. The molecule has 0 amide bonds. The molecule has 106 valence electrons. The van der Waals surface area contributed by atoms with E-state index in [4.69, 9.17) is 4.52 Å². The largest absolute Gasteiger partial charge is 0.388 e. The van der Waals surface area contributed by atoms with E-state index in [-0.39, 0.29) is 5.92 Å². The van der Waals surface area contributed by atoms with Gasteiger partial charge in [-0.25, -0.2) is 0 Å². The molecule has 0 saturated heterocycles. The van der Waals surface area contributed by atoms with E-state index < -0.39 is 6.10 Å². The number of aromatic nitrogens is 1. The minimum absolute atomic E-state index is 0.236. The lowest BCUT2D eigenvalue weighted by atomic mass is 9.83. The fraction of sp³-hybridized carbons (Fsp3) is 0.438. The molecule has 1 aliphatic carbocycles. The van der Waals surface area contributed by atoms with Crippen molar-refractivity contribution in [1.29, 1.82) is 0 Å². The molecule has 0 aliphatic heterocycles. The van der Waals surface area contributed by atoms with Crippen molar-refractivity contribution < 1.29 is 9.63 Å². The molecule has 1 N–H and O–H groups in total. The molecule has 2 atom stereocenters. The number of nitrogens with zero attached hydrogens (tertiary/aromatic N) is 2. The quantitative estimate of drug-likeness (QED) is 0.932. The molecule has 0 saturated carbocycles. The predicted octanol–water partition coefficient (Wildman–Crippen LogP) is 2.50. The van der Waals surface area contributed by atoms with E-state index in [1.807, 2.05) is 44.4 Å². The molecule has 0 fully saturated rings. The molecular formula is C16H20N2O2. The Labute approximate surface area is 119 Å². The molecule has 20 heavy (non-hydrogen) atoms. The lowest BCUT2D eigenvalue weighted by Gasteiger charge is -2.29. The monoisotopic (exact) mass is 272 g/mol. The molecule has 1 aliphatic rings. The molecular weight excluding hydrogens is 252 g/mol. The van der Waals surface area contributed by atoms with E-state index in [0.29, 0.717) is 0 Å². The highest BCUT2D eigenvalue weighted by Crippen LogP contribution is 2.40. The molecule has 1 aromatic heterocycles. The lowest BCUT2D eigenvalue weighted by Crippen LogP contribution is -2.30. The molecule has 3 rings (SSSR count). The first-order valence-electron chi connectivity index (χ1n) is 7.03. The van der Waals surface area contributed by atoms with Gasteiger partial charge in [-0.15, -0.1) is 0 Å². The van der Waals surface area contributed by atoms with Gasteiger partial charge >= 0.3 is 0 Å². The van der Waals surface area contributed by atoms with Gasteiger partial charge in [-0.05, 0) is 20.5 Å². The number of rotatable bonds is 3. The van der Waals surface area contributed by atoms with Gasteiger partial charge in [0.2, 0.25) is 0 Å². The van der Waals surface area contributed by atoms with Gasteiger partial charge in [0, 0.05) is 24.4 Å². The van der Waals surface area contributed by atoms with Crippen molar-refractivity contribution in [3.8, 4) is 11.3 Å². The smallest absolute Gasteiger partial charge is 0.143 e. The average molecular weight is 272 g/mol. The number of hydrogen-bond acceptors (Lipinski definition) is 4. The van der Waals surface area contributed by atoms with Gasteiger partial charge in [0.05, 0.1) is 11.7 Å². The van der Waals surface area contributed by atoms with E-state index >= 15 is 0 Å². The van der Waals surface area contributed by atoms with Gasteiger partial charge in [0.25, 0.3) is 0 Å². The molecule has 4 heteroatoms. The Balaban J connectivity index is 1.97. The van der Waals surface area contributed by atoms with E-state index in [0.717, 1.165) is 42.0 Å². The van der Waals surface area contributed by atoms with Gasteiger partial charge in [-0.3, -0.25) is 0 Å². The number of hydrogen-bond donors (Lipinski definition) is 1. The van der Waals surface area contributed by atoms with Crippen molar-refractivity contribution in [2.75, 3.05) is 20.6 Å². The van der Waals surface area contributed by atoms with Crippen molar-refractivity contribution in [2.24, 2.45) is 5.92 Å². The van der Waals surface area contributed by atoms with Crippen LogP contribution in [0.4, 0.5) is 0 Å². The zero-order chi connectivity index (χ0) is 14.1. The van der Waals surface area contributed by atoms with Crippen molar-refractivity contribution in [1.82, 2.24) is 10.1 Å². The number of aliphatic hydroxyl groups is 1. The summed E-state index contributed by atoms with van der Waals surface area (Å²) in [6.07, 6.45) is 1.29. The zero-order valence-corrected chi connectivity index (χ0v) is 11.9. The first-order valence-corrected chi connectivity index (χ1v) is 7.03. The van der Waals surface area contributed by atoms with Crippen molar-refractivity contribution in [3.63, 3.8) is 0 Å². The summed E-state index contributed by atoms with van der Waals surface area (Å²) in [5.74, 6) is 1.07. The van der Waals surface area contributed by atoms with Crippen LogP contribution in [0.1, 0.15) is 23.8 Å². The summed E-state index contributed by atoms with van der Waals surface area (Å²) in [5, 5.41) is 14.9. The zero-order valence-electron chi connectivity index (χ0n) is 11.9. The lowest BCUT2D eigenvalue weighted by molar-refractivity contribution is 0.0734. The van der Waals surface area contributed by atoms with Gasteiger partial charge in [0.1, 0.15) is 11.5 Å². The molecule has 0 spiro atoms. The summed E-state index contributed by atoms with van der Waals surface area (Å²) < 4.78 is 5.44. The van der Waals surface area contributed by atoms with Crippen molar-refractivity contribution in [2.45, 2.75) is 18.9 Å². The maximum atomic E-state index is 10.7. The van der Waals surface area contributed by atoms with Crippen molar-refractivity contribution in [3.05, 3.63) is 41.7 Å². The Morgan fingerprint density at radius 1 is 1.30 bits per heavy atom. The predicted molar refractivity (Wildman–Crippen MR) is 77.3 cm³/mol. The summed E-state index contributed by atoms with van der Waals surface area (Å²) in [5.41, 5.74) is 2.67. The van der Waals surface area contributed by atoms with Gasteiger partial charge in [-0.2, -0.15) is 0 Å². The van der Waals surface area contributed by atoms with E-state index in [1.165, 1.54) is 0 Å². The van der Waals surface area contributed by atoms with Crippen LogP contribution in [0.15, 0.2) is 34.9 Å². The number of aliphatic hydroxyl groups excluding tert-OH is 1. The third-order valence-corrected chi connectivity index (χ3v) is 3.93. The maximum Gasteiger partial charge on any atom is 0.143 e. The number of fused-ring (bicyclic) bond motifs is 1. The van der Waals surface area contributed by atoms with Crippen LogP contribution in [0.3, 0.4) is 0 Å². The molecule has 1 heterocycles. The molecule has 4 nitrogen and oxygen atoms in total. The molecule has 1 aromatic carbocycles. The third kappa shape index (κ3) is 2.37. The Hall–Kier alpha value is -1.65. The summed E-state index contributed by atoms with van der Waals surface area (Å²) in [7, 11) is 4.07. The van der Waals surface area contributed by atoms with E-state index in [9.17, 15) is 5.11 Å². The second-order valence-electron chi connectivity index (χ2n) is 5.74. The fourth-order valence-electron chi connectivity index (χ4n) is 2.99. The summed E-state index contributed by atoms with van der Waals surface area (Å²) in [4.78, 5) is 2.12. The minimum atomic E-state index is -0.498. The highest BCUT2D eigenvalue weighted by atomic mass is 16.5. The van der Waals surface area contributed by atoms with Crippen LogP contribution in [0, 0.1) is 5.92 Å². The molecule has 2 aromatic rings. The first kappa shape index (κ1) is 13.3. The maximum absolute atomic E-state index is 10.7. The van der Waals surface area contributed by atoms with Crippen LogP contribution in [0.5, 0.6) is 0 Å². The first-order chi connectivity index (χ1) is 9.66. The van der Waals surface area contributed by atoms with E-state index in [1.54, 1.807) is 0 Å². The topological polar surface area (TPSA) is 49.5 Å². The van der Waals surface area contributed by atoms with Crippen LogP contribution < -0.4 is 0 Å². The molecule has 0 bridgehead atoms. The summed E-state index contributed by atoms with van der Waals surface area (Å²) in [6.45, 7) is 0.875. The van der Waals surface area contributed by atoms with Gasteiger partial charge in [0.15, 0.2) is 0 Å². The minimum Gasteiger partial charge on any atom is -0.388 e. The summed E-state index contributed by atoms with van der Waals surface area (Å²) >= 11 is 0. The van der Waals surface area contributed by atoms with E-state index in [2.05, 4.69) is 10.1 Å².